The van der Waals surface area contributed by atoms with Crippen LogP contribution in [0.25, 0.3) is 0 Å². The fraction of sp³-hybridized carbons (Fsp3) is 1.00. The van der Waals surface area contributed by atoms with E-state index in [2.05, 4.69) is 13.1 Å². The molecule has 0 aliphatic rings. The first kappa shape index (κ1) is 39.5. The van der Waals surface area contributed by atoms with E-state index in [9.17, 15) is 0 Å². The summed E-state index contributed by atoms with van der Waals surface area (Å²) in [4.78, 5) is 0. The summed E-state index contributed by atoms with van der Waals surface area (Å²) in [5, 5.41) is 8.79. The molecule has 39 heavy (non-hydrogen) atoms. The maximum Gasteiger partial charge on any atom is 0.150 e. The van der Waals surface area contributed by atoms with Gasteiger partial charge in [0.25, 0.3) is 0 Å². The van der Waals surface area contributed by atoms with Crippen LogP contribution >= 0.6 is 11.1 Å². The van der Waals surface area contributed by atoms with Crippen LogP contribution in [0.2, 0.25) is 19.1 Å². The lowest BCUT2D eigenvalue weighted by Crippen LogP contribution is -2.14. The molecule has 0 unspecified atom stereocenters. The van der Waals surface area contributed by atoms with Crippen molar-refractivity contribution in [2.24, 2.45) is 0 Å². The van der Waals surface area contributed by atoms with Crippen LogP contribution < -0.4 is 0 Å². The molecule has 0 fully saturated rings. The third-order valence-corrected chi connectivity index (χ3v) is 10.8. The number of rotatable bonds is 34. The number of hydrogen-bond acceptors (Lipinski definition) is 1. The third kappa shape index (κ3) is 38.5. The van der Waals surface area contributed by atoms with Crippen LogP contribution in [-0.2, 0) is 0 Å². The molecule has 0 aromatic heterocycles. The number of unbranched alkanes of at least 4 members (excludes halogenated alkanes) is 31. The number of halogens is 1. The van der Waals surface area contributed by atoms with E-state index in [1.54, 1.807) is 0 Å². The topological polar surface area (TPSA) is 20.2 Å². The standard InChI is InChI=1S/C36H75ClOSi/c1-39(2,37)36-34-32-30-28-26-24-22-20-18-16-14-12-10-8-6-4-3-5-7-9-11-13-15-17-19-21-23-25-27-29-31-33-35-38/h38H,3-36H2,1-2H3. The van der Waals surface area contributed by atoms with Gasteiger partial charge in [-0.2, -0.15) is 11.1 Å². The average Bonchev–Trinajstić information content (AvgIpc) is 2.90. The largest absolute Gasteiger partial charge is 0.396 e. The molecule has 0 rings (SSSR count). The summed E-state index contributed by atoms with van der Waals surface area (Å²) in [6.45, 7) is 4.92. The van der Waals surface area contributed by atoms with Crippen molar-refractivity contribution < 1.29 is 5.11 Å². The smallest absolute Gasteiger partial charge is 0.150 e. The number of aliphatic hydroxyl groups excluding tert-OH is 1. The molecule has 0 aliphatic carbocycles. The van der Waals surface area contributed by atoms with Gasteiger partial charge in [0.05, 0.1) is 0 Å². The fourth-order valence-corrected chi connectivity index (χ4v) is 7.45. The lowest BCUT2D eigenvalue weighted by atomic mass is 10.0. The first-order valence-corrected chi connectivity index (χ1v) is 22.6. The van der Waals surface area contributed by atoms with Gasteiger partial charge in [-0.1, -0.05) is 212 Å². The van der Waals surface area contributed by atoms with Gasteiger partial charge >= 0.3 is 0 Å². The van der Waals surface area contributed by atoms with Gasteiger partial charge in [-0.15, -0.1) is 0 Å². The van der Waals surface area contributed by atoms with E-state index in [4.69, 9.17) is 16.2 Å². The summed E-state index contributed by atoms with van der Waals surface area (Å²) in [6.07, 6.45) is 45.7. The van der Waals surface area contributed by atoms with Crippen LogP contribution in [0, 0.1) is 0 Å². The Hall–Kier alpha value is 0.467. The lowest BCUT2D eigenvalue weighted by Gasteiger charge is -2.11. The maximum atomic E-state index is 8.79. The summed E-state index contributed by atoms with van der Waals surface area (Å²) in [5.41, 5.74) is 0. The van der Waals surface area contributed by atoms with E-state index in [-0.39, 0.29) is 0 Å². The minimum absolute atomic E-state index is 0.373. The Balaban J connectivity index is 3.04. The van der Waals surface area contributed by atoms with Crippen molar-refractivity contribution in [3.05, 3.63) is 0 Å². The number of aliphatic hydroxyl groups is 1. The summed E-state index contributed by atoms with van der Waals surface area (Å²) in [7, 11) is -1.31. The molecule has 0 radical (unpaired) electrons. The summed E-state index contributed by atoms with van der Waals surface area (Å²) < 4.78 is 0. The molecule has 0 spiro atoms. The molecule has 1 nitrogen and oxygen atoms in total. The molecule has 0 heterocycles. The molecule has 236 valence electrons. The van der Waals surface area contributed by atoms with Crippen LogP contribution in [0.1, 0.15) is 205 Å². The third-order valence-electron chi connectivity index (χ3n) is 8.68. The Morgan fingerprint density at radius 1 is 0.308 bits per heavy atom. The molecular formula is C36H75ClOSi. The van der Waals surface area contributed by atoms with Gasteiger partial charge in [0.1, 0.15) is 7.38 Å². The van der Waals surface area contributed by atoms with Crippen molar-refractivity contribution >= 4 is 18.5 Å². The highest BCUT2D eigenvalue weighted by atomic mass is 35.6. The predicted octanol–water partition coefficient (Wildman–Crippen LogP) is 13.9. The van der Waals surface area contributed by atoms with Crippen molar-refractivity contribution in [1.29, 1.82) is 0 Å². The molecule has 0 amide bonds. The molecule has 3 heteroatoms. The Morgan fingerprint density at radius 3 is 0.615 bits per heavy atom. The molecule has 0 saturated heterocycles. The van der Waals surface area contributed by atoms with Gasteiger partial charge in [0.15, 0.2) is 0 Å². The highest BCUT2D eigenvalue weighted by Crippen LogP contribution is 2.20. The van der Waals surface area contributed by atoms with Crippen LogP contribution in [0.5, 0.6) is 0 Å². The number of hydrogen-bond donors (Lipinski definition) is 1. The van der Waals surface area contributed by atoms with Gasteiger partial charge in [-0.05, 0) is 12.5 Å². The molecule has 0 aromatic carbocycles. The van der Waals surface area contributed by atoms with Crippen LogP contribution in [-0.4, -0.2) is 19.1 Å². The van der Waals surface area contributed by atoms with Gasteiger partial charge < -0.3 is 5.11 Å². The molecule has 0 aliphatic heterocycles. The summed E-state index contributed by atoms with van der Waals surface area (Å²) in [6, 6.07) is 1.30. The van der Waals surface area contributed by atoms with E-state index in [1.165, 1.54) is 205 Å². The van der Waals surface area contributed by atoms with E-state index in [0.717, 1.165) is 6.42 Å². The summed E-state index contributed by atoms with van der Waals surface area (Å²) >= 11 is 6.39. The van der Waals surface area contributed by atoms with E-state index in [0.29, 0.717) is 6.61 Å². The zero-order valence-electron chi connectivity index (χ0n) is 27.4. The quantitative estimate of drug-likeness (QED) is 0.0451. The first-order valence-electron chi connectivity index (χ1n) is 18.4. The van der Waals surface area contributed by atoms with Gasteiger partial charge in [-0.25, -0.2) is 0 Å². The Labute approximate surface area is 254 Å². The first-order chi connectivity index (χ1) is 19.1. The average molecular weight is 588 g/mol. The van der Waals surface area contributed by atoms with E-state index < -0.39 is 7.38 Å². The molecule has 0 aromatic rings. The second kappa shape index (κ2) is 33.0. The monoisotopic (exact) mass is 587 g/mol. The van der Waals surface area contributed by atoms with Crippen LogP contribution in [0.4, 0.5) is 0 Å². The van der Waals surface area contributed by atoms with E-state index in [1.807, 2.05) is 0 Å². The maximum absolute atomic E-state index is 8.79. The van der Waals surface area contributed by atoms with Crippen molar-refractivity contribution in [3.63, 3.8) is 0 Å². The second-order valence-electron chi connectivity index (χ2n) is 13.5. The second-order valence-corrected chi connectivity index (χ2v) is 20.5. The minimum atomic E-state index is -1.31. The zero-order valence-corrected chi connectivity index (χ0v) is 29.1. The Morgan fingerprint density at radius 2 is 0.462 bits per heavy atom. The van der Waals surface area contributed by atoms with Crippen molar-refractivity contribution in [2.75, 3.05) is 6.61 Å². The van der Waals surface area contributed by atoms with Gasteiger partial charge in [0.2, 0.25) is 0 Å². The molecular weight excluding hydrogens is 512 g/mol. The molecule has 0 saturated carbocycles. The van der Waals surface area contributed by atoms with Crippen molar-refractivity contribution in [3.8, 4) is 0 Å². The molecule has 1 N–H and O–H groups in total. The predicted molar refractivity (Wildman–Crippen MR) is 183 cm³/mol. The molecule has 0 bridgehead atoms. The highest BCUT2D eigenvalue weighted by Gasteiger charge is 2.15. The van der Waals surface area contributed by atoms with Crippen molar-refractivity contribution in [2.45, 2.75) is 225 Å². The summed E-state index contributed by atoms with van der Waals surface area (Å²) in [5.74, 6) is 0. The zero-order chi connectivity index (χ0) is 28.5. The van der Waals surface area contributed by atoms with Crippen molar-refractivity contribution in [1.82, 2.24) is 0 Å². The highest BCUT2D eigenvalue weighted by molar-refractivity contribution is 7.19. The SMILES string of the molecule is C[Si](C)(Cl)CCCCCCCCCCCCCCCCCCCCCCCCCCCCCCCCCCO. The molecule has 0 atom stereocenters. The minimum Gasteiger partial charge on any atom is -0.396 e. The fourth-order valence-electron chi connectivity index (χ4n) is 5.96. The van der Waals surface area contributed by atoms with Crippen LogP contribution in [0.15, 0.2) is 0 Å². The lowest BCUT2D eigenvalue weighted by molar-refractivity contribution is 0.282. The van der Waals surface area contributed by atoms with Gasteiger partial charge in [0, 0.05) is 6.61 Å². The van der Waals surface area contributed by atoms with E-state index >= 15 is 0 Å². The van der Waals surface area contributed by atoms with Gasteiger partial charge in [-0.3, -0.25) is 0 Å². The normalized spacial score (nSPS) is 12.0. The Bertz CT molecular complexity index is 436. The Kier molecular flexibility index (Phi) is 33.4. The van der Waals surface area contributed by atoms with Crippen LogP contribution in [0.3, 0.4) is 0 Å².